The minimum atomic E-state index is -0.627. The van der Waals surface area contributed by atoms with Crippen LogP contribution in [0.25, 0.3) is 5.65 Å². The number of halogens is 4. The van der Waals surface area contributed by atoms with Gasteiger partial charge >= 0.3 is 6.03 Å². The summed E-state index contributed by atoms with van der Waals surface area (Å²) in [5.41, 5.74) is 3.07. The number of rotatable bonds is 14. The minimum Gasteiger partial charge on any atom is -0.485 e. The molecule has 0 unspecified atom stereocenters. The van der Waals surface area contributed by atoms with Gasteiger partial charge in [0, 0.05) is 62.4 Å². The monoisotopic (exact) mass is 784 g/mol. The van der Waals surface area contributed by atoms with Gasteiger partial charge in [-0.05, 0) is 65.3 Å². The fraction of sp³-hybridized carbons (Fsp3) is 0.312. The smallest absolute Gasteiger partial charge is 0.319 e. The molecule has 0 fully saturated rings. The maximum atomic E-state index is 13.1. The summed E-state index contributed by atoms with van der Waals surface area (Å²) < 4.78 is 19.0. The van der Waals surface area contributed by atoms with Crippen LogP contribution in [0.4, 0.5) is 16.2 Å². The summed E-state index contributed by atoms with van der Waals surface area (Å²) in [6, 6.07) is 12.8. The van der Waals surface area contributed by atoms with Gasteiger partial charge in [0.15, 0.2) is 11.4 Å². The number of nitrogens with one attached hydrogen (secondary N) is 2. The number of urea groups is 1. The van der Waals surface area contributed by atoms with Gasteiger partial charge in [0.05, 0.1) is 36.2 Å². The zero-order valence-electron chi connectivity index (χ0n) is 26.7. The van der Waals surface area contributed by atoms with Gasteiger partial charge in [0.1, 0.15) is 11.2 Å². The molecule has 4 rings (SSSR count). The number of fused-ring (bicyclic) bond motifs is 1. The van der Waals surface area contributed by atoms with Crippen molar-refractivity contribution >= 4 is 86.4 Å². The molecule has 2 aromatic carbocycles. The van der Waals surface area contributed by atoms with E-state index in [-0.39, 0.29) is 36.5 Å². The highest BCUT2D eigenvalue weighted by Crippen LogP contribution is 2.35. The van der Waals surface area contributed by atoms with Gasteiger partial charge in [0.2, 0.25) is 5.91 Å². The SMILES string of the molecule is COCCN(CCOC)C(=O)c1cccc(NC(=O)NCC(=O)N(C)c2ccc(Cl)c(COc3cccn4c(Br)c(C)nc34)c2Cl)c1.Cl. The number of carbonyl (C=O) groups excluding carboxylic acids is 3. The Labute approximate surface area is 303 Å². The maximum absolute atomic E-state index is 13.1. The zero-order chi connectivity index (χ0) is 34.1. The molecule has 48 heavy (non-hydrogen) atoms. The largest absolute Gasteiger partial charge is 0.485 e. The van der Waals surface area contributed by atoms with Crippen molar-refractivity contribution in [3.8, 4) is 5.75 Å². The van der Waals surface area contributed by atoms with Crippen LogP contribution in [0.2, 0.25) is 10.0 Å². The molecule has 0 aliphatic carbocycles. The molecule has 2 heterocycles. The van der Waals surface area contributed by atoms with Crippen molar-refractivity contribution in [2.75, 3.05) is 64.3 Å². The number of methoxy groups -OCH3 is 2. The summed E-state index contributed by atoms with van der Waals surface area (Å²) >= 11 is 16.7. The Balaban J connectivity index is 0.00000625. The van der Waals surface area contributed by atoms with Crippen LogP contribution in [0.3, 0.4) is 0 Å². The second-order valence-electron chi connectivity index (χ2n) is 10.3. The number of aromatic nitrogens is 2. The highest BCUT2D eigenvalue weighted by atomic mass is 79.9. The Kier molecular flexibility index (Phi) is 14.8. The highest BCUT2D eigenvalue weighted by Gasteiger charge is 2.21. The number of pyridine rings is 1. The van der Waals surface area contributed by atoms with Crippen LogP contribution >= 0.6 is 51.5 Å². The molecule has 0 aliphatic heterocycles. The molecule has 4 aromatic rings. The van der Waals surface area contributed by atoms with Crippen LogP contribution in [-0.4, -0.2) is 86.2 Å². The van der Waals surface area contributed by atoms with E-state index in [2.05, 4.69) is 31.5 Å². The molecule has 0 bridgehead atoms. The Morgan fingerprint density at radius 2 is 1.73 bits per heavy atom. The van der Waals surface area contributed by atoms with Crippen LogP contribution in [0.15, 0.2) is 59.3 Å². The first-order valence-corrected chi connectivity index (χ1v) is 16.0. The topological polar surface area (TPSA) is 127 Å². The number of likely N-dealkylation sites (N-methyl/N-ethyl adjacent to an activating group) is 1. The molecule has 0 atom stereocenters. The van der Waals surface area contributed by atoms with Crippen molar-refractivity contribution in [3.63, 3.8) is 0 Å². The number of benzene rings is 2. The first-order chi connectivity index (χ1) is 22.5. The summed E-state index contributed by atoms with van der Waals surface area (Å²) in [4.78, 5) is 46.3. The van der Waals surface area contributed by atoms with Crippen LogP contribution in [0.5, 0.6) is 5.75 Å². The third-order valence-electron chi connectivity index (χ3n) is 7.17. The molecule has 4 amide bonds. The number of hydrogen-bond acceptors (Lipinski definition) is 7. The summed E-state index contributed by atoms with van der Waals surface area (Å²) in [5, 5.41) is 5.81. The van der Waals surface area contributed by atoms with E-state index in [1.807, 2.05) is 23.6 Å². The highest BCUT2D eigenvalue weighted by molar-refractivity contribution is 9.10. The summed E-state index contributed by atoms with van der Waals surface area (Å²) in [6.45, 7) is 3.09. The van der Waals surface area contributed by atoms with E-state index >= 15 is 0 Å². The number of amides is 4. The summed E-state index contributed by atoms with van der Waals surface area (Å²) in [6.07, 6.45) is 1.86. The van der Waals surface area contributed by atoms with Crippen LogP contribution in [-0.2, 0) is 20.9 Å². The average Bonchev–Trinajstić information content (AvgIpc) is 3.36. The van der Waals surface area contributed by atoms with E-state index < -0.39 is 11.9 Å². The predicted octanol–water partition coefficient (Wildman–Crippen LogP) is 6.23. The molecule has 2 N–H and O–H groups in total. The van der Waals surface area contributed by atoms with Crippen LogP contribution < -0.4 is 20.3 Å². The first kappa shape index (κ1) is 38.9. The number of hydrogen-bond donors (Lipinski definition) is 2. The van der Waals surface area contributed by atoms with Gasteiger partial charge in [0.25, 0.3) is 5.91 Å². The van der Waals surface area contributed by atoms with Gasteiger partial charge in [-0.1, -0.05) is 29.3 Å². The minimum absolute atomic E-state index is 0. The predicted molar refractivity (Wildman–Crippen MR) is 192 cm³/mol. The second-order valence-corrected chi connectivity index (χ2v) is 11.9. The van der Waals surface area contributed by atoms with Gasteiger partial charge in [-0.15, -0.1) is 12.4 Å². The van der Waals surface area contributed by atoms with E-state index in [1.54, 1.807) is 68.6 Å². The molecule has 0 saturated carbocycles. The fourth-order valence-corrected chi connectivity index (χ4v) is 5.56. The molecule has 0 saturated heterocycles. The Bertz CT molecular complexity index is 1750. The number of ether oxygens (including phenoxy) is 3. The van der Waals surface area contributed by atoms with Gasteiger partial charge < -0.3 is 34.6 Å². The molecule has 258 valence electrons. The molecule has 2 aromatic heterocycles. The van der Waals surface area contributed by atoms with Crippen LogP contribution in [0.1, 0.15) is 21.6 Å². The molecule has 0 radical (unpaired) electrons. The third-order valence-corrected chi connectivity index (χ3v) is 8.91. The molecular formula is C32H36BrCl3N6O6. The lowest BCUT2D eigenvalue weighted by Crippen LogP contribution is -2.40. The van der Waals surface area contributed by atoms with Crippen molar-refractivity contribution in [2.24, 2.45) is 0 Å². The Morgan fingerprint density at radius 1 is 1.02 bits per heavy atom. The van der Waals surface area contributed by atoms with E-state index in [0.717, 1.165) is 10.3 Å². The van der Waals surface area contributed by atoms with Crippen molar-refractivity contribution in [2.45, 2.75) is 13.5 Å². The average molecular weight is 787 g/mol. The number of nitrogens with zero attached hydrogens (tertiary/aromatic N) is 4. The normalized spacial score (nSPS) is 10.7. The lowest BCUT2D eigenvalue weighted by molar-refractivity contribution is -0.117. The quantitative estimate of drug-likeness (QED) is 0.155. The van der Waals surface area contributed by atoms with Crippen molar-refractivity contribution < 1.29 is 28.6 Å². The Hall–Kier alpha value is -3.59. The third kappa shape index (κ3) is 9.52. The van der Waals surface area contributed by atoms with Gasteiger partial charge in [-0.25, -0.2) is 9.78 Å². The number of imidazole rings is 1. The molecule has 12 nitrogen and oxygen atoms in total. The Morgan fingerprint density at radius 3 is 2.42 bits per heavy atom. The number of aryl methyl sites for hydroxylation is 1. The van der Waals surface area contributed by atoms with Crippen molar-refractivity contribution in [1.82, 2.24) is 19.6 Å². The van der Waals surface area contributed by atoms with E-state index in [1.165, 1.54) is 4.90 Å². The van der Waals surface area contributed by atoms with E-state index in [0.29, 0.717) is 65.2 Å². The van der Waals surface area contributed by atoms with Crippen molar-refractivity contribution in [3.05, 3.63) is 86.2 Å². The lowest BCUT2D eigenvalue weighted by atomic mass is 10.1. The fourth-order valence-electron chi connectivity index (χ4n) is 4.58. The maximum Gasteiger partial charge on any atom is 0.319 e. The molecule has 16 heteroatoms. The summed E-state index contributed by atoms with van der Waals surface area (Å²) in [5.74, 6) is -0.135. The summed E-state index contributed by atoms with van der Waals surface area (Å²) in [7, 11) is 4.67. The zero-order valence-corrected chi connectivity index (χ0v) is 30.6. The number of carbonyl (C=O) groups is 3. The molecule has 0 spiro atoms. The standard InChI is InChI=1S/C32H35BrCl2N6O6.ClH/c1-20-29(33)41-12-6-9-26(30(41)37-20)47-19-23-24(34)10-11-25(28(23)35)39(2)27(42)18-36-32(44)38-22-8-5-7-21(17-22)31(43)40(13-15-45-3)14-16-46-4;/h5-12,17H,13-16,18-19H2,1-4H3,(H2,36,38,44);1H. The number of anilines is 2. The first-order valence-electron chi connectivity index (χ1n) is 14.5. The molecule has 0 aliphatic rings. The van der Waals surface area contributed by atoms with E-state index in [9.17, 15) is 14.4 Å². The van der Waals surface area contributed by atoms with Crippen molar-refractivity contribution in [1.29, 1.82) is 0 Å². The van der Waals surface area contributed by atoms with Gasteiger partial charge in [-0.3, -0.25) is 14.0 Å². The van der Waals surface area contributed by atoms with Gasteiger partial charge in [-0.2, -0.15) is 0 Å². The molecular weight excluding hydrogens is 751 g/mol. The van der Waals surface area contributed by atoms with Crippen LogP contribution in [0, 0.1) is 6.92 Å². The lowest BCUT2D eigenvalue weighted by Gasteiger charge is -2.22. The van der Waals surface area contributed by atoms with E-state index in [4.69, 9.17) is 37.4 Å². The second kappa shape index (κ2) is 18.2.